The maximum Gasteiger partial charge on any atom is 0.150 e. The summed E-state index contributed by atoms with van der Waals surface area (Å²) >= 11 is 0. The lowest BCUT2D eigenvalue weighted by atomic mass is 9.84. The van der Waals surface area contributed by atoms with Crippen LogP contribution in [0.3, 0.4) is 0 Å². The Labute approximate surface area is 133 Å². The highest BCUT2D eigenvalue weighted by Gasteiger charge is 2.20. The van der Waals surface area contributed by atoms with Crippen molar-refractivity contribution in [2.75, 3.05) is 0 Å². The minimum atomic E-state index is -0.406. The predicted molar refractivity (Wildman–Crippen MR) is 85.6 cm³/mol. The lowest BCUT2D eigenvalue weighted by Crippen LogP contribution is -2.06. The van der Waals surface area contributed by atoms with Gasteiger partial charge in [-0.2, -0.15) is 0 Å². The van der Waals surface area contributed by atoms with Crippen LogP contribution in [0.5, 0.6) is 0 Å². The summed E-state index contributed by atoms with van der Waals surface area (Å²) in [7, 11) is 0. The summed E-state index contributed by atoms with van der Waals surface area (Å²) < 4.78 is 27.6. The van der Waals surface area contributed by atoms with E-state index in [-0.39, 0.29) is 11.6 Å². The molecule has 3 rings (SSSR count). The van der Waals surface area contributed by atoms with Gasteiger partial charge in [0.25, 0.3) is 0 Å². The molecule has 0 aliphatic rings. The van der Waals surface area contributed by atoms with Gasteiger partial charge in [0.1, 0.15) is 17.9 Å². The highest BCUT2D eigenvalue weighted by molar-refractivity contribution is 5.75. The lowest BCUT2D eigenvalue weighted by Gasteiger charge is -2.19. The third-order valence-electron chi connectivity index (χ3n) is 3.80. The fraction of sp³-hybridized carbons (Fsp3) is 0.0500. The van der Waals surface area contributed by atoms with Crippen LogP contribution in [0.15, 0.2) is 72.8 Å². The molecule has 0 saturated heterocycles. The average molecular weight is 308 g/mol. The quantitative estimate of drug-likeness (QED) is 0.492. The Morgan fingerprint density at radius 1 is 0.783 bits per heavy atom. The van der Waals surface area contributed by atoms with Crippen molar-refractivity contribution in [2.45, 2.75) is 5.92 Å². The fourth-order valence-electron chi connectivity index (χ4n) is 2.73. The first-order chi connectivity index (χ1) is 11.2. The molecule has 0 spiro atoms. The van der Waals surface area contributed by atoms with Gasteiger partial charge < -0.3 is 0 Å². The Kier molecular flexibility index (Phi) is 4.29. The SMILES string of the molecule is O=Cc1cccc(C(c2ccc(F)cc2)c2ccccc2F)c1. The maximum atomic E-state index is 14.3. The van der Waals surface area contributed by atoms with E-state index in [0.29, 0.717) is 11.1 Å². The number of carbonyl (C=O) groups is 1. The Balaban J connectivity index is 2.19. The second kappa shape index (κ2) is 6.53. The van der Waals surface area contributed by atoms with Gasteiger partial charge in [0.15, 0.2) is 0 Å². The Morgan fingerprint density at radius 3 is 2.22 bits per heavy atom. The summed E-state index contributed by atoms with van der Waals surface area (Å²) in [6.45, 7) is 0. The molecule has 0 bridgehead atoms. The van der Waals surface area contributed by atoms with Gasteiger partial charge in [-0.1, -0.05) is 48.5 Å². The minimum absolute atomic E-state index is 0.335. The number of halogens is 2. The first-order valence-electron chi connectivity index (χ1n) is 7.24. The van der Waals surface area contributed by atoms with Crippen LogP contribution in [-0.4, -0.2) is 6.29 Å². The van der Waals surface area contributed by atoms with Gasteiger partial charge in [-0.05, 0) is 41.0 Å². The molecule has 23 heavy (non-hydrogen) atoms. The van der Waals surface area contributed by atoms with Crippen molar-refractivity contribution in [2.24, 2.45) is 0 Å². The van der Waals surface area contributed by atoms with Gasteiger partial charge in [-0.25, -0.2) is 8.78 Å². The van der Waals surface area contributed by atoms with Gasteiger partial charge in [-0.3, -0.25) is 4.79 Å². The van der Waals surface area contributed by atoms with Crippen LogP contribution in [0, 0.1) is 11.6 Å². The summed E-state index contributed by atoms with van der Waals surface area (Å²) in [6.07, 6.45) is 0.757. The second-order valence-corrected chi connectivity index (χ2v) is 5.29. The molecule has 3 aromatic carbocycles. The number of benzene rings is 3. The minimum Gasteiger partial charge on any atom is -0.298 e. The van der Waals surface area contributed by atoms with Gasteiger partial charge in [0, 0.05) is 11.5 Å². The van der Waals surface area contributed by atoms with Crippen molar-refractivity contribution >= 4 is 6.29 Å². The van der Waals surface area contributed by atoms with E-state index >= 15 is 0 Å². The molecular weight excluding hydrogens is 294 g/mol. The van der Waals surface area contributed by atoms with Crippen LogP contribution >= 0.6 is 0 Å². The van der Waals surface area contributed by atoms with Crippen LogP contribution < -0.4 is 0 Å². The highest BCUT2D eigenvalue weighted by Crippen LogP contribution is 2.33. The number of hydrogen-bond acceptors (Lipinski definition) is 1. The van der Waals surface area contributed by atoms with Crippen LogP contribution in [0.1, 0.15) is 33.0 Å². The van der Waals surface area contributed by atoms with Crippen LogP contribution in [0.4, 0.5) is 8.78 Å². The molecule has 0 aromatic heterocycles. The molecule has 0 N–H and O–H groups in total. The van der Waals surface area contributed by atoms with E-state index in [2.05, 4.69) is 0 Å². The Bertz CT molecular complexity index is 825. The molecule has 0 amide bonds. The second-order valence-electron chi connectivity index (χ2n) is 5.29. The van der Waals surface area contributed by atoms with Crippen molar-refractivity contribution in [3.05, 3.63) is 107 Å². The maximum absolute atomic E-state index is 14.3. The van der Waals surface area contributed by atoms with Gasteiger partial charge >= 0.3 is 0 Å². The van der Waals surface area contributed by atoms with Crippen LogP contribution in [0.2, 0.25) is 0 Å². The van der Waals surface area contributed by atoms with Gasteiger partial charge in [0.05, 0.1) is 0 Å². The first kappa shape index (κ1) is 15.1. The Morgan fingerprint density at radius 2 is 1.52 bits per heavy atom. The van der Waals surface area contributed by atoms with E-state index in [1.807, 2.05) is 6.07 Å². The summed E-state index contributed by atoms with van der Waals surface area (Å²) in [4.78, 5) is 11.0. The third kappa shape index (κ3) is 3.19. The fourth-order valence-corrected chi connectivity index (χ4v) is 2.73. The molecule has 0 radical (unpaired) electrons. The van der Waals surface area contributed by atoms with Crippen molar-refractivity contribution in [1.82, 2.24) is 0 Å². The predicted octanol–water partition coefficient (Wildman–Crippen LogP) is 4.96. The summed E-state index contributed by atoms with van der Waals surface area (Å²) in [5.74, 6) is -1.09. The monoisotopic (exact) mass is 308 g/mol. The first-order valence-corrected chi connectivity index (χ1v) is 7.24. The molecule has 3 aromatic rings. The number of aldehydes is 1. The van der Waals surface area contributed by atoms with E-state index < -0.39 is 5.92 Å². The molecular formula is C20H14F2O. The van der Waals surface area contributed by atoms with E-state index in [0.717, 1.165) is 17.4 Å². The van der Waals surface area contributed by atoms with E-state index in [9.17, 15) is 13.6 Å². The molecule has 3 heteroatoms. The molecule has 0 fully saturated rings. The molecule has 1 unspecified atom stereocenters. The molecule has 1 nitrogen and oxygen atoms in total. The molecule has 0 saturated carbocycles. The Hall–Kier alpha value is -2.81. The van der Waals surface area contributed by atoms with Crippen LogP contribution in [-0.2, 0) is 0 Å². The number of hydrogen-bond donors (Lipinski definition) is 0. The van der Waals surface area contributed by atoms with Crippen molar-refractivity contribution in [3.8, 4) is 0 Å². The average Bonchev–Trinajstić information content (AvgIpc) is 2.59. The number of carbonyl (C=O) groups excluding carboxylic acids is 1. The van der Waals surface area contributed by atoms with Crippen LogP contribution in [0.25, 0.3) is 0 Å². The van der Waals surface area contributed by atoms with Crippen molar-refractivity contribution < 1.29 is 13.6 Å². The van der Waals surface area contributed by atoms with E-state index in [1.165, 1.54) is 18.2 Å². The smallest absolute Gasteiger partial charge is 0.150 e. The zero-order valence-corrected chi connectivity index (χ0v) is 12.2. The molecule has 1 atom stereocenters. The molecule has 0 aliphatic heterocycles. The molecule has 114 valence electrons. The standard InChI is InChI=1S/C20H14F2O/c21-17-10-8-15(9-11-17)20(18-6-1-2-7-19(18)22)16-5-3-4-14(12-16)13-23/h1-13,20H. The zero-order valence-electron chi connectivity index (χ0n) is 12.2. The van der Waals surface area contributed by atoms with Crippen molar-refractivity contribution in [1.29, 1.82) is 0 Å². The van der Waals surface area contributed by atoms with E-state index in [4.69, 9.17) is 0 Å². The highest BCUT2D eigenvalue weighted by atomic mass is 19.1. The summed E-state index contributed by atoms with van der Waals surface area (Å²) in [5.41, 5.74) is 2.55. The van der Waals surface area contributed by atoms with E-state index in [1.54, 1.807) is 48.5 Å². The molecule has 0 aliphatic carbocycles. The zero-order chi connectivity index (χ0) is 16.2. The third-order valence-corrected chi connectivity index (χ3v) is 3.80. The van der Waals surface area contributed by atoms with Gasteiger partial charge in [-0.15, -0.1) is 0 Å². The molecule has 0 heterocycles. The largest absolute Gasteiger partial charge is 0.298 e. The number of rotatable bonds is 4. The summed E-state index contributed by atoms with van der Waals surface area (Å²) in [6, 6.07) is 19.5. The normalized spacial score (nSPS) is 11.9. The summed E-state index contributed by atoms with van der Waals surface area (Å²) in [5, 5.41) is 0. The topological polar surface area (TPSA) is 17.1 Å². The van der Waals surface area contributed by atoms with Crippen molar-refractivity contribution in [3.63, 3.8) is 0 Å². The van der Waals surface area contributed by atoms with Gasteiger partial charge in [0.2, 0.25) is 0 Å². The lowest BCUT2D eigenvalue weighted by molar-refractivity contribution is 0.112.